The van der Waals surface area contributed by atoms with E-state index in [-0.39, 0.29) is 6.04 Å². The van der Waals surface area contributed by atoms with E-state index in [0.717, 1.165) is 25.1 Å². The van der Waals surface area contributed by atoms with Gasteiger partial charge in [-0.1, -0.05) is 13.0 Å². The molecule has 0 amide bonds. The molecule has 3 nitrogen and oxygen atoms in total. The Hall–Kier alpha value is -1.07. The van der Waals surface area contributed by atoms with E-state index in [1.54, 1.807) is 6.20 Å². The van der Waals surface area contributed by atoms with Crippen LogP contribution < -0.4 is 5.32 Å². The van der Waals surface area contributed by atoms with Crippen LogP contribution in [0.5, 0.6) is 0 Å². The molecular formula is C14H22F2N2O. The van der Waals surface area contributed by atoms with Crippen molar-refractivity contribution in [2.45, 2.75) is 38.7 Å². The maximum absolute atomic E-state index is 12.0. The molecule has 1 unspecified atom stereocenters. The average Bonchev–Trinajstić information content (AvgIpc) is 2.41. The summed E-state index contributed by atoms with van der Waals surface area (Å²) in [5.41, 5.74) is 1.00. The molecule has 108 valence electrons. The van der Waals surface area contributed by atoms with E-state index in [0.29, 0.717) is 13.0 Å². The first kappa shape index (κ1) is 16.0. The minimum atomic E-state index is -2.39. The summed E-state index contributed by atoms with van der Waals surface area (Å²) in [6.45, 7) is 2.87. The Bertz CT molecular complexity index is 322. The molecule has 0 aromatic carbocycles. The molecule has 0 saturated heterocycles. The number of nitrogens with one attached hydrogen (secondary N) is 1. The molecule has 0 aliphatic rings. The monoisotopic (exact) mass is 272 g/mol. The summed E-state index contributed by atoms with van der Waals surface area (Å²) < 4.78 is 28.8. The van der Waals surface area contributed by atoms with Crippen molar-refractivity contribution >= 4 is 0 Å². The summed E-state index contributed by atoms with van der Waals surface area (Å²) in [5.74, 6) is 0. The third kappa shape index (κ3) is 7.85. The molecule has 1 heterocycles. The zero-order valence-corrected chi connectivity index (χ0v) is 11.3. The fourth-order valence-corrected chi connectivity index (χ4v) is 1.79. The van der Waals surface area contributed by atoms with Gasteiger partial charge < -0.3 is 10.1 Å². The van der Waals surface area contributed by atoms with E-state index in [1.807, 2.05) is 18.2 Å². The van der Waals surface area contributed by atoms with Gasteiger partial charge in [0.05, 0.1) is 0 Å². The maximum Gasteiger partial charge on any atom is 0.261 e. The molecule has 0 radical (unpaired) electrons. The van der Waals surface area contributed by atoms with Crippen LogP contribution in [-0.2, 0) is 11.2 Å². The minimum absolute atomic E-state index is 0.215. The Morgan fingerprint density at radius 3 is 2.84 bits per heavy atom. The molecule has 1 aromatic heterocycles. The van der Waals surface area contributed by atoms with Gasteiger partial charge in [0.1, 0.15) is 6.61 Å². The van der Waals surface area contributed by atoms with Crippen molar-refractivity contribution in [3.63, 3.8) is 0 Å². The first-order valence-corrected chi connectivity index (χ1v) is 6.71. The summed E-state index contributed by atoms with van der Waals surface area (Å²) in [4.78, 5) is 4.28. The van der Waals surface area contributed by atoms with Gasteiger partial charge >= 0.3 is 0 Å². The number of aromatic nitrogens is 1. The molecule has 0 spiro atoms. The lowest BCUT2D eigenvalue weighted by molar-refractivity contribution is 0.0144. The van der Waals surface area contributed by atoms with Crippen molar-refractivity contribution in [3.05, 3.63) is 30.1 Å². The third-order valence-electron chi connectivity index (χ3n) is 2.72. The van der Waals surface area contributed by atoms with Crippen LogP contribution in [0.15, 0.2) is 24.4 Å². The number of halogens is 2. The highest BCUT2D eigenvalue weighted by Gasteiger charge is 2.10. The zero-order valence-electron chi connectivity index (χ0n) is 11.3. The van der Waals surface area contributed by atoms with Gasteiger partial charge in [0.15, 0.2) is 0 Å². The Morgan fingerprint density at radius 2 is 2.21 bits per heavy atom. The first-order chi connectivity index (χ1) is 9.22. The SMILES string of the molecule is CCCNC(CCOCC(F)F)Cc1ccccn1. The third-order valence-corrected chi connectivity index (χ3v) is 2.72. The van der Waals surface area contributed by atoms with Crippen LogP contribution in [0.1, 0.15) is 25.5 Å². The van der Waals surface area contributed by atoms with Crippen LogP contribution >= 0.6 is 0 Å². The van der Waals surface area contributed by atoms with E-state index in [2.05, 4.69) is 17.2 Å². The van der Waals surface area contributed by atoms with Gasteiger partial charge in [-0.2, -0.15) is 0 Å². The first-order valence-electron chi connectivity index (χ1n) is 6.71. The fraction of sp³-hybridized carbons (Fsp3) is 0.643. The standard InChI is InChI=1S/C14H22F2N2O/c1-2-7-17-13(6-9-19-11-14(15)16)10-12-5-3-4-8-18-12/h3-5,8,13-14,17H,2,6-7,9-11H2,1H3. The van der Waals surface area contributed by atoms with Gasteiger partial charge in [0.2, 0.25) is 0 Å². The van der Waals surface area contributed by atoms with Crippen LogP contribution in [0.2, 0.25) is 0 Å². The van der Waals surface area contributed by atoms with Gasteiger partial charge in [-0.25, -0.2) is 8.78 Å². The van der Waals surface area contributed by atoms with Crippen molar-refractivity contribution in [3.8, 4) is 0 Å². The van der Waals surface area contributed by atoms with Crippen molar-refractivity contribution in [2.75, 3.05) is 19.8 Å². The molecule has 19 heavy (non-hydrogen) atoms. The predicted molar refractivity (Wildman–Crippen MR) is 71.5 cm³/mol. The number of ether oxygens (including phenoxy) is 1. The second-order valence-corrected chi connectivity index (χ2v) is 4.43. The van der Waals surface area contributed by atoms with Crippen molar-refractivity contribution < 1.29 is 13.5 Å². The van der Waals surface area contributed by atoms with E-state index in [1.165, 1.54) is 0 Å². The number of rotatable bonds is 10. The van der Waals surface area contributed by atoms with Crippen LogP contribution in [0, 0.1) is 0 Å². The minimum Gasteiger partial charge on any atom is -0.375 e. The molecule has 1 rings (SSSR count). The van der Waals surface area contributed by atoms with Crippen LogP contribution in [0.3, 0.4) is 0 Å². The average molecular weight is 272 g/mol. The smallest absolute Gasteiger partial charge is 0.261 e. The highest BCUT2D eigenvalue weighted by atomic mass is 19.3. The number of alkyl halides is 2. The molecule has 0 aliphatic heterocycles. The predicted octanol–water partition coefficient (Wildman–Crippen LogP) is 2.66. The number of pyridine rings is 1. The normalized spacial score (nSPS) is 12.8. The Morgan fingerprint density at radius 1 is 1.37 bits per heavy atom. The van der Waals surface area contributed by atoms with E-state index < -0.39 is 13.0 Å². The molecule has 0 saturated carbocycles. The van der Waals surface area contributed by atoms with Gasteiger partial charge in [0, 0.05) is 31.0 Å². The lowest BCUT2D eigenvalue weighted by Crippen LogP contribution is -2.33. The molecule has 5 heteroatoms. The number of hydrogen-bond acceptors (Lipinski definition) is 3. The molecule has 0 aliphatic carbocycles. The summed E-state index contributed by atoms with van der Waals surface area (Å²) in [6.07, 6.45) is 1.91. The van der Waals surface area contributed by atoms with Crippen molar-refractivity contribution in [1.29, 1.82) is 0 Å². The fourth-order valence-electron chi connectivity index (χ4n) is 1.79. The van der Waals surface area contributed by atoms with Gasteiger partial charge in [-0.05, 0) is 31.5 Å². The maximum atomic E-state index is 12.0. The summed E-state index contributed by atoms with van der Waals surface area (Å²) in [5, 5.41) is 3.40. The van der Waals surface area contributed by atoms with Gasteiger partial charge in [-0.15, -0.1) is 0 Å². The molecule has 1 aromatic rings. The highest BCUT2D eigenvalue weighted by molar-refractivity contribution is 5.05. The Balaban J connectivity index is 2.34. The van der Waals surface area contributed by atoms with Crippen LogP contribution in [0.4, 0.5) is 8.78 Å². The number of nitrogens with zero attached hydrogens (tertiary/aromatic N) is 1. The Kier molecular flexibility index (Phi) is 8.25. The molecule has 1 N–H and O–H groups in total. The summed E-state index contributed by atoms with van der Waals surface area (Å²) in [7, 11) is 0. The lowest BCUT2D eigenvalue weighted by atomic mass is 10.1. The van der Waals surface area contributed by atoms with Crippen LogP contribution in [-0.4, -0.2) is 37.2 Å². The second kappa shape index (κ2) is 9.81. The lowest BCUT2D eigenvalue weighted by Gasteiger charge is -2.18. The van der Waals surface area contributed by atoms with Gasteiger partial charge in [-0.3, -0.25) is 4.98 Å². The van der Waals surface area contributed by atoms with Gasteiger partial charge in [0.25, 0.3) is 6.43 Å². The molecule has 0 fully saturated rings. The van der Waals surface area contributed by atoms with Crippen molar-refractivity contribution in [1.82, 2.24) is 10.3 Å². The Labute approximate surface area is 113 Å². The topological polar surface area (TPSA) is 34.1 Å². The summed E-state index contributed by atoms with van der Waals surface area (Å²) >= 11 is 0. The number of hydrogen-bond donors (Lipinski definition) is 1. The molecule has 0 bridgehead atoms. The second-order valence-electron chi connectivity index (χ2n) is 4.43. The molecular weight excluding hydrogens is 250 g/mol. The quantitative estimate of drug-likeness (QED) is 0.665. The van der Waals surface area contributed by atoms with E-state index in [9.17, 15) is 8.78 Å². The summed E-state index contributed by atoms with van der Waals surface area (Å²) in [6, 6.07) is 6.02. The largest absolute Gasteiger partial charge is 0.375 e. The molecule has 1 atom stereocenters. The van der Waals surface area contributed by atoms with E-state index >= 15 is 0 Å². The van der Waals surface area contributed by atoms with Crippen molar-refractivity contribution in [2.24, 2.45) is 0 Å². The highest BCUT2D eigenvalue weighted by Crippen LogP contribution is 2.04. The van der Waals surface area contributed by atoms with E-state index in [4.69, 9.17) is 4.74 Å². The zero-order chi connectivity index (χ0) is 13.9. The van der Waals surface area contributed by atoms with Crippen LogP contribution in [0.25, 0.3) is 0 Å².